The highest BCUT2D eigenvalue weighted by Gasteiger charge is 2.05. The highest BCUT2D eigenvalue weighted by molar-refractivity contribution is 5.81. The number of fused-ring (bicyclic) bond motifs is 1. The molecule has 0 fully saturated rings. The van der Waals surface area contributed by atoms with E-state index in [1.807, 2.05) is 24.3 Å². The molecule has 1 aromatic heterocycles. The van der Waals surface area contributed by atoms with Crippen molar-refractivity contribution in [3.8, 4) is 0 Å². The maximum absolute atomic E-state index is 11.2. The summed E-state index contributed by atoms with van der Waals surface area (Å²) in [7, 11) is 0. The fourth-order valence-electron chi connectivity index (χ4n) is 1.78. The van der Waals surface area contributed by atoms with Gasteiger partial charge in [0.1, 0.15) is 5.58 Å². The zero-order chi connectivity index (χ0) is 12.1. The number of hydrogen-bond donors (Lipinski definition) is 2. The summed E-state index contributed by atoms with van der Waals surface area (Å²) >= 11 is 0. The molecular weight excluding hydrogens is 216 g/mol. The van der Waals surface area contributed by atoms with Gasteiger partial charge in [-0.15, -0.1) is 0 Å². The summed E-state index contributed by atoms with van der Waals surface area (Å²) in [6.07, 6.45) is 2.90. The van der Waals surface area contributed by atoms with Crippen molar-refractivity contribution >= 4 is 16.9 Å². The Bertz CT molecular complexity index is 505. The zero-order valence-electron chi connectivity index (χ0n) is 9.61. The minimum absolute atomic E-state index is 0.000278. The topological polar surface area (TPSA) is 68.3 Å². The molecule has 0 unspecified atom stereocenters. The van der Waals surface area contributed by atoms with Crippen molar-refractivity contribution in [2.45, 2.75) is 12.8 Å². The van der Waals surface area contributed by atoms with E-state index in [4.69, 9.17) is 10.2 Å². The molecule has 0 radical (unpaired) electrons. The molecule has 17 heavy (non-hydrogen) atoms. The maximum Gasteiger partial charge on any atom is 0.221 e. The number of nitrogens with one attached hydrogen (secondary N) is 1. The lowest BCUT2D eigenvalue weighted by Crippen LogP contribution is -2.27. The fraction of sp³-hybridized carbons (Fsp3) is 0.308. The number of furan rings is 1. The third-order valence-corrected chi connectivity index (χ3v) is 2.65. The van der Waals surface area contributed by atoms with Crippen LogP contribution in [0.15, 0.2) is 34.9 Å². The van der Waals surface area contributed by atoms with Gasteiger partial charge in [-0.2, -0.15) is 0 Å². The molecule has 0 aliphatic rings. The van der Waals surface area contributed by atoms with Crippen molar-refractivity contribution in [3.05, 3.63) is 36.1 Å². The summed E-state index contributed by atoms with van der Waals surface area (Å²) in [6, 6.07) is 7.88. The number of carbonyl (C=O) groups is 1. The second-order valence-corrected chi connectivity index (χ2v) is 3.90. The van der Waals surface area contributed by atoms with Gasteiger partial charge in [0.2, 0.25) is 5.91 Å². The maximum atomic E-state index is 11.2. The number of nitrogens with two attached hydrogens (primary N) is 1. The SMILES string of the molecule is NCCC(=O)NCCc1coc2ccccc12. The average Bonchev–Trinajstić information content (AvgIpc) is 2.73. The van der Waals surface area contributed by atoms with E-state index in [1.54, 1.807) is 6.26 Å². The minimum Gasteiger partial charge on any atom is -0.464 e. The van der Waals surface area contributed by atoms with Crippen LogP contribution in [0.5, 0.6) is 0 Å². The van der Waals surface area contributed by atoms with E-state index in [2.05, 4.69) is 5.32 Å². The third-order valence-electron chi connectivity index (χ3n) is 2.65. The van der Waals surface area contributed by atoms with Gasteiger partial charge in [0.15, 0.2) is 0 Å². The average molecular weight is 232 g/mol. The first kappa shape index (κ1) is 11.7. The van der Waals surface area contributed by atoms with Crippen molar-refractivity contribution in [2.24, 2.45) is 5.73 Å². The molecule has 0 aliphatic heterocycles. The number of hydrogen-bond acceptors (Lipinski definition) is 3. The molecule has 1 amide bonds. The van der Waals surface area contributed by atoms with E-state index < -0.39 is 0 Å². The molecule has 0 spiro atoms. The van der Waals surface area contributed by atoms with Crippen LogP contribution in [0.4, 0.5) is 0 Å². The first-order valence-corrected chi connectivity index (χ1v) is 5.73. The van der Waals surface area contributed by atoms with Gasteiger partial charge in [0, 0.05) is 24.9 Å². The van der Waals surface area contributed by atoms with Crippen molar-refractivity contribution in [1.82, 2.24) is 5.32 Å². The third kappa shape index (κ3) is 2.85. The largest absolute Gasteiger partial charge is 0.464 e. The lowest BCUT2D eigenvalue weighted by molar-refractivity contribution is -0.120. The Morgan fingerprint density at radius 2 is 2.18 bits per heavy atom. The summed E-state index contributed by atoms with van der Waals surface area (Å²) in [5.74, 6) is 0.000278. The Balaban J connectivity index is 1.93. The summed E-state index contributed by atoms with van der Waals surface area (Å²) in [5, 5.41) is 3.94. The minimum atomic E-state index is 0.000278. The van der Waals surface area contributed by atoms with Gasteiger partial charge in [-0.25, -0.2) is 0 Å². The van der Waals surface area contributed by atoms with Crippen LogP contribution in [0.1, 0.15) is 12.0 Å². The van der Waals surface area contributed by atoms with Gasteiger partial charge in [-0.3, -0.25) is 4.79 Å². The first-order valence-electron chi connectivity index (χ1n) is 5.73. The summed E-state index contributed by atoms with van der Waals surface area (Å²) in [5.41, 5.74) is 7.30. The zero-order valence-corrected chi connectivity index (χ0v) is 9.61. The molecule has 3 N–H and O–H groups in total. The Hall–Kier alpha value is -1.81. The number of carbonyl (C=O) groups excluding carboxylic acids is 1. The van der Waals surface area contributed by atoms with E-state index in [0.29, 0.717) is 19.5 Å². The Kier molecular flexibility index (Phi) is 3.77. The molecule has 2 aromatic rings. The molecular formula is C13H16N2O2. The van der Waals surface area contributed by atoms with Crippen molar-refractivity contribution < 1.29 is 9.21 Å². The highest BCUT2D eigenvalue weighted by atomic mass is 16.3. The van der Waals surface area contributed by atoms with Gasteiger partial charge < -0.3 is 15.5 Å². The van der Waals surface area contributed by atoms with Gasteiger partial charge in [-0.05, 0) is 18.1 Å². The second kappa shape index (κ2) is 5.50. The number of benzene rings is 1. The van der Waals surface area contributed by atoms with Gasteiger partial charge >= 0.3 is 0 Å². The van der Waals surface area contributed by atoms with Gasteiger partial charge in [-0.1, -0.05) is 18.2 Å². The normalized spacial score (nSPS) is 10.6. The van der Waals surface area contributed by atoms with Crippen molar-refractivity contribution in [3.63, 3.8) is 0 Å². The van der Waals surface area contributed by atoms with Crippen LogP contribution >= 0.6 is 0 Å². The molecule has 4 heteroatoms. The highest BCUT2D eigenvalue weighted by Crippen LogP contribution is 2.20. The smallest absolute Gasteiger partial charge is 0.221 e. The molecule has 0 saturated carbocycles. The van der Waals surface area contributed by atoms with E-state index in [1.165, 1.54) is 0 Å². The quantitative estimate of drug-likeness (QED) is 0.819. The van der Waals surface area contributed by atoms with E-state index in [9.17, 15) is 4.79 Å². The van der Waals surface area contributed by atoms with E-state index >= 15 is 0 Å². The van der Waals surface area contributed by atoms with Crippen LogP contribution < -0.4 is 11.1 Å². The number of para-hydroxylation sites is 1. The van der Waals surface area contributed by atoms with Crippen LogP contribution in [0, 0.1) is 0 Å². The summed E-state index contributed by atoms with van der Waals surface area (Å²) in [4.78, 5) is 11.2. The summed E-state index contributed by atoms with van der Waals surface area (Å²) in [6.45, 7) is 1.00. The summed E-state index contributed by atoms with van der Waals surface area (Å²) < 4.78 is 5.42. The molecule has 0 aliphatic carbocycles. The Morgan fingerprint density at radius 3 is 3.00 bits per heavy atom. The predicted octanol–water partition coefficient (Wildman–Crippen LogP) is 1.44. The molecule has 1 heterocycles. The molecule has 90 valence electrons. The fourth-order valence-corrected chi connectivity index (χ4v) is 1.78. The van der Waals surface area contributed by atoms with Crippen LogP contribution in [-0.2, 0) is 11.2 Å². The van der Waals surface area contributed by atoms with Gasteiger partial charge in [0.05, 0.1) is 6.26 Å². The number of amides is 1. The van der Waals surface area contributed by atoms with Crippen LogP contribution in [0.3, 0.4) is 0 Å². The Morgan fingerprint density at radius 1 is 1.35 bits per heavy atom. The molecule has 0 atom stereocenters. The van der Waals surface area contributed by atoms with Gasteiger partial charge in [0.25, 0.3) is 0 Å². The van der Waals surface area contributed by atoms with Crippen LogP contribution in [-0.4, -0.2) is 19.0 Å². The van der Waals surface area contributed by atoms with Crippen LogP contribution in [0.2, 0.25) is 0 Å². The predicted molar refractivity (Wildman–Crippen MR) is 66.6 cm³/mol. The van der Waals surface area contributed by atoms with E-state index in [-0.39, 0.29) is 5.91 Å². The Labute approximate surface area is 99.8 Å². The van der Waals surface area contributed by atoms with Crippen molar-refractivity contribution in [2.75, 3.05) is 13.1 Å². The van der Waals surface area contributed by atoms with Crippen molar-refractivity contribution in [1.29, 1.82) is 0 Å². The second-order valence-electron chi connectivity index (χ2n) is 3.90. The molecule has 0 bridgehead atoms. The molecule has 2 rings (SSSR count). The molecule has 1 aromatic carbocycles. The monoisotopic (exact) mass is 232 g/mol. The van der Waals surface area contributed by atoms with Crippen LogP contribution in [0.25, 0.3) is 11.0 Å². The standard InChI is InChI=1S/C13H16N2O2/c14-7-5-13(16)15-8-6-10-9-17-12-4-2-1-3-11(10)12/h1-4,9H,5-8,14H2,(H,15,16). The number of rotatable bonds is 5. The molecule has 4 nitrogen and oxygen atoms in total. The first-order chi connectivity index (χ1) is 8.31. The lowest BCUT2D eigenvalue weighted by atomic mass is 10.1. The lowest BCUT2D eigenvalue weighted by Gasteiger charge is -2.02. The van der Waals surface area contributed by atoms with E-state index in [0.717, 1.165) is 23.0 Å². The molecule has 0 saturated heterocycles.